The number of aliphatic hydroxyl groups is 1. The number of hydrogen-bond donors (Lipinski definition) is 8. The van der Waals surface area contributed by atoms with E-state index in [1.165, 1.54) is 12.1 Å². The highest BCUT2D eigenvalue weighted by atomic mass is 35.5. The van der Waals surface area contributed by atoms with Crippen LogP contribution in [0.3, 0.4) is 0 Å². The van der Waals surface area contributed by atoms with E-state index in [0.717, 1.165) is 0 Å². The zero-order chi connectivity index (χ0) is 26.4. The second kappa shape index (κ2) is 13.2. The molecule has 1 aliphatic heterocycles. The topological polar surface area (TPSA) is 200 Å². The van der Waals surface area contributed by atoms with Gasteiger partial charge in [0.05, 0.1) is 12.1 Å². The molecule has 12 heteroatoms. The Hall–Kier alpha value is -3.38. The molecule has 1 heterocycles. The number of amides is 3. The number of phenolic OH excluding ortho intramolecular Hbond substituents is 2. The predicted octanol–water partition coefficient (Wildman–Crippen LogP) is -0.572. The number of rotatable bonds is 5. The SMILES string of the molecule is CCNC(=O)[C@H]1Cc2cc(ccc2O)-c2ccc(O)c(c2)C[C@H](N)C(=O)N[C@H](C[C@@H](O)CN)C(=O)N1.Cl. The third kappa shape index (κ3) is 7.56. The van der Waals surface area contributed by atoms with Crippen LogP contribution in [0.4, 0.5) is 0 Å². The number of aromatic hydroxyl groups is 2. The van der Waals surface area contributed by atoms with E-state index in [2.05, 4.69) is 16.0 Å². The molecule has 1 aliphatic rings. The van der Waals surface area contributed by atoms with E-state index in [1.807, 2.05) is 0 Å². The molecule has 4 atom stereocenters. The molecule has 202 valence electrons. The van der Waals surface area contributed by atoms with Gasteiger partial charge in [0.15, 0.2) is 0 Å². The molecule has 4 bridgehead atoms. The monoisotopic (exact) mass is 535 g/mol. The van der Waals surface area contributed by atoms with Crippen LogP contribution in [-0.2, 0) is 27.2 Å². The first kappa shape index (κ1) is 29.8. The maximum absolute atomic E-state index is 13.2. The number of nitrogens with one attached hydrogen (secondary N) is 3. The fourth-order valence-electron chi connectivity index (χ4n) is 4.06. The Kier molecular flexibility index (Phi) is 10.7. The maximum Gasteiger partial charge on any atom is 0.243 e. The lowest BCUT2D eigenvalue weighted by atomic mass is 9.95. The predicted molar refractivity (Wildman–Crippen MR) is 140 cm³/mol. The van der Waals surface area contributed by atoms with Gasteiger partial charge in [-0.25, -0.2) is 0 Å². The van der Waals surface area contributed by atoms with Crippen LogP contribution < -0.4 is 27.4 Å². The van der Waals surface area contributed by atoms with Gasteiger partial charge in [0.25, 0.3) is 0 Å². The summed E-state index contributed by atoms with van der Waals surface area (Å²) in [7, 11) is 0. The molecule has 0 fully saturated rings. The summed E-state index contributed by atoms with van der Waals surface area (Å²) in [6.45, 7) is 1.90. The lowest BCUT2D eigenvalue weighted by molar-refractivity contribution is -0.133. The molecule has 3 rings (SSSR count). The van der Waals surface area contributed by atoms with Crippen molar-refractivity contribution in [2.75, 3.05) is 13.1 Å². The van der Waals surface area contributed by atoms with Crippen LogP contribution in [0.1, 0.15) is 24.5 Å². The van der Waals surface area contributed by atoms with Crippen LogP contribution >= 0.6 is 12.4 Å². The highest BCUT2D eigenvalue weighted by molar-refractivity contribution is 5.93. The van der Waals surface area contributed by atoms with Crippen molar-refractivity contribution in [1.29, 1.82) is 0 Å². The van der Waals surface area contributed by atoms with E-state index in [0.29, 0.717) is 28.8 Å². The third-order valence-corrected chi connectivity index (χ3v) is 6.09. The van der Waals surface area contributed by atoms with Crippen LogP contribution in [0.25, 0.3) is 11.1 Å². The summed E-state index contributed by atoms with van der Waals surface area (Å²) in [6.07, 6.45) is -1.36. The molecule has 10 N–H and O–H groups in total. The molecule has 0 saturated carbocycles. The number of fused-ring (bicyclic) bond motifs is 5. The molecule has 2 aromatic carbocycles. The van der Waals surface area contributed by atoms with Crippen molar-refractivity contribution >= 4 is 30.1 Å². The van der Waals surface area contributed by atoms with Crippen LogP contribution in [0.5, 0.6) is 11.5 Å². The van der Waals surface area contributed by atoms with Crippen LogP contribution in [-0.4, -0.2) is 70.4 Å². The molecule has 2 aromatic rings. The van der Waals surface area contributed by atoms with Gasteiger partial charge in [0.1, 0.15) is 23.6 Å². The molecule has 0 radical (unpaired) electrons. The Balaban J connectivity index is 0.00000481. The van der Waals surface area contributed by atoms with Gasteiger partial charge in [-0.05, 0) is 53.4 Å². The van der Waals surface area contributed by atoms with Gasteiger partial charge in [-0.3, -0.25) is 14.4 Å². The molecule has 11 nitrogen and oxygen atoms in total. The van der Waals surface area contributed by atoms with Crippen molar-refractivity contribution in [1.82, 2.24) is 16.0 Å². The summed E-state index contributed by atoms with van der Waals surface area (Å²) < 4.78 is 0. The molecule has 0 aromatic heterocycles. The number of phenols is 2. The van der Waals surface area contributed by atoms with Crippen LogP contribution in [0, 0.1) is 0 Å². The normalized spacial score (nSPS) is 20.8. The quantitative estimate of drug-likeness (QED) is 0.248. The first-order valence-electron chi connectivity index (χ1n) is 11.8. The average Bonchev–Trinajstić information content (AvgIpc) is 2.85. The van der Waals surface area contributed by atoms with Gasteiger partial charge in [-0.1, -0.05) is 12.1 Å². The summed E-state index contributed by atoms with van der Waals surface area (Å²) in [6, 6.07) is 6.31. The summed E-state index contributed by atoms with van der Waals surface area (Å²) in [5.74, 6) is -1.97. The second-order valence-electron chi connectivity index (χ2n) is 8.84. The van der Waals surface area contributed by atoms with E-state index in [9.17, 15) is 29.7 Å². The molecule has 0 unspecified atom stereocenters. The van der Waals surface area contributed by atoms with Crippen molar-refractivity contribution in [2.24, 2.45) is 11.5 Å². The molecule has 3 amide bonds. The van der Waals surface area contributed by atoms with Crippen molar-refractivity contribution < 1.29 is 29.7 Å². The van der Waals surface area contributed by atoms with E-state index in [1.54, 1.807) is 31.2 Å². The third-order valence-electron chi connectivity index (χ3n) is 6.09. The number of carbonyl (C=O) groups excluding carboxylic acids is 3. The maximum atomic E-state index is 13.2. The summed E-state index contributed by atoms with van der Waals surface area (Å²) in [5.41, 5.74) is 13.8. The van der Waals surface area contributed by atoms with Crippen molar-refractivity contribution in [3.63, 3.8) is 0 Å². The first-order valence-corrected chi connectivity index (χ1v) is 11.8. The summed E-state index contributed by atoms with van der Waals surface area (Å²) in [5, 5.41) is 38.7. The standard InChI is InChI=1S/C25H33N5O6.ClH/c1-2-28-24(35)19-10-16-8-14(4-6-22(16)33)13-3-5-21(32)15(7-13)9-18(27)23(34)29-20(25(36)30-19)11-17(31)12-26;/h3-8,17-20,31-33H,2,9-12,26-27H2,1H3,(H,28,35)(H,29,34)(H,30,36);1H/t17-,18+,19-,20-;/m1./s1. The fraction of sp³-hybridized carbons (Fsp3) is 0.400. The van der Waals surface area contributed by atoms with E-state index < -0.39 is 42.0 Å². The highest BCUT2D eigenvalue weighted by Crippen LogP contribution is 2.30. The highest BCUT2D eigenvalue weighted by Gasteiger charge is 2.30. The van der Waals surface area contributed by atoms with Gasteiger partial charge in [0, 0.05) is 32.4 Å². The number of benzene rings is 2. The smallest absolute Gasteiger partial charge is 0.243 e. The van der Waals surface area contributed by atoms with Crippen LogP contribution in [0.15, 0.2) is 36.4 Å². The number of nitrogens with two attached hydrogens (primary N) is 2. The minimum absolute atomic E-state index is 0. The summed E-state index contributed by atoms with van der Waals surface area (Å²) in [4.78, 5) is 38.9. The number of halogens is 1. The molecule has 37 heavy (non-hydrogen) atoms. The second-order valence-corrected chi connectivity index (χ2v) is 8.84. The van der Waals surface area contributed by atoms with Crippen molar-refractivity contribution in [3.05, 3.63) is 47.5 Å². The molecule has 0 aliphatic carbocycles. The van der Waals surface area contributed by atoms with E-state index in [4.69, 9.17) is 11.5 Å². The Bertz CT molecular complexity index is 1130. The Labute approximate surface area is 221 Å². The van der Waals surface area contributed by atoms with Crippen molar-refractivity contribution in [2.45, 2.75) is 50.4 Å². The molecular weight excluding hydrogens is 502 g/mol. The molecule has 0 spiro atoms. The largest absolute Gasteiger partial charge is 0.508 e. The van der Waals surface area contributed by atoms with Gasteiger partial charge in [-0.2, -0.15) is 0 Å². The van der Waals surface area contributed by atoms with Crippen molar-refractivity contribution in [3.8, 4) is 22.6 Å². The Morgan fingerprint density at radius 2 is 1.59 bits per heavy atom. The van der Waals surface area contributed by atoms with Gasteiger partial charge < -0.3 is 42.7 Å². The van der Waals surface area contributed by atoms with Gasteiger partial charge in [0.2, 0.25) is 17.7 Å². The van der Waals surface area contributed by atoms with E-state index >= 15 is 0 Å². The Morgan fingerprint density at radius 1 is 1.03 bits per heavy atom. The zero-order valence-electron chi connectivity index (χ0n) is 20.4. The first-order chi connectivity index (χ1) is 17.1. The Morgan fingerprint density at radius 3 is 2.14 bits per heavy atom. The minimum atomic E-state index is -1.23. The van der Waals surface area contributed by atoms with Crippen LogP contribution in [0.2, 0.25) is 0 Å². The van der Waals surface area contributed by atoms with Gasteiger partial charge >= 0.3 is 0 Å². The minimum Gasteiger partial charge on any atom is -0.508 e. The number of hydrogen-bond acceptors (Lipinski definition) is 8. The average molecular weight is 536 g/mol. The summed E-state index contributed by atoms with van der Waals surface area (Å²) >= 11 is 0. The number of likely N-dealkylation sites (N-methyl/N-ethyl adjacent to an activating group) is 1. The molecule has 0 saturated heterocycles. The van der Waals surface area contributed by atoms with Gasteiger partial charge in [-0.15, -0.1) is 12.4 Å². The molecular formula is C25H34ClN5O6. The number of aliphatic hydroxyl groups excluding tert-OH is 1. The van der Waals surface area contributed by atoms with E-state index in [-0.39, 0.29) is 49.7 Å². The fourth-order valence-corrected chi connectivity index (χ4v) is 4.06. The number of carbonyl (C=O) groups is 3. The lowest BCUT2D eigenvalue weighted by Gasteiger charge is -2.25. The zero-order valence-corrected chi connectivity index (χ0v) is 21.3. The lowest BCUT2D eigenvalue weighted by Crippen LogP contribution is -2.57.